The van der Waals surface area contributed by atoms with Gasteiger partial charge in [-0.3, -0.25) is 0 Å². The number of fused-ring (bicyclic) bond motifs is 1. The van der Waals surface area contributed by atoms with Crippen LogP contribution in [-0.4, -0.2) is 0 Å². The van der Waals surface area contributed by atoms with E-state index >= 15 is 0 Å². The van der Waals surface area contributed by atoms with E-state index in [-0.39, 0.29) is 24.3 Å². The first-order chi connectivity index (χ1) is 6.70. The molecule has 0 unspecified atom stereocenters. The van der Waals surface area contributed by atoms with Crippen LogP contribution in [0.5, 0.6) is 0 Å². The lowest BCUT2D eigenvalue weighted by Gasteiger charge is -2.09. The molecule has 0 aliphatic heterocycles. The second kappa shape index (κ2) is 4.60. The fourth-order valence-corrected chi connectivity index (χ4v) is 1.69. The molecule has 80 valence electrons. The predicted molar refractivity (Wildman–Crippen MR) is 63.8 cm³/mol. The third-order valence-electron chi connectivity index (χ3n) is 2.39. The van der Waals surface area contributed by atoms with E-state index in [1.807, 2.05) is 25.1 Å². The Morgan fingerprint density at radius 1 is 1.07 bits per heavy atom. The van der Waals surface area contributed by atoms with E-state index in [4.69, 9.17) is 5.73 Å². The monoisotopic (exact) mass is 225 g/mol. The van der Waals surface area contributed by atoms with Crippen LogP contribution in [0.4, 0.5) is 4.39 Å². The topological polar surface area (TPSA) is 26.0 Å². The molecule has 0 aromatic heterocycles. The van der Waals surface area contributed by atoms with Crippen LogP contribution in [0, 0.1) is 5.82 Å². The van der Waals surface area contributed by atoms with Crippen LogP contribution in [0.3, 0.4) is 0 Å². The summed E-state index contributed by atoms with van der Waals surface area (Å²) >= 11 is 0. The Bertz CT molecular complexity index is 468. The van der Waals surface area contributed by atoms with Gasteiger partial charge in [-0.25, -0.2) is 4.39 Å². The van der Waals surface area contributed by atoms with Crippen molar-refractivity contribution in [2.75, 3.05) is 0 Å². The van der Waals surface area contributed by atoms with Gasteiger partial charge in [0.05, 0.1) is 0 Å². The zero-order chi connectivity index (χ0) is 10.1. The standard InChI is InChI=1S/C12H12FN.ClH/c1-8(14)9-4-2-6-11-10(9)5-3-7-12(11)13;/h2-8H,14H2,1H3;1H/t8-;/m1./s1. The molecule has 0 aliphatic carbocycles. The maximum absolute atomic E-state index is 13.4. The molecule has 3 heteroatoms. The minimum Gasteiger partial charge on any atom is -0.324 e. The van der Waals surface area contributed by atoms with Crippen molar-refractivity contribution in [1.82, 2.24) is 0 Å². The zero-order valence-electron chi connectivity index (χ0n) is 8.41. The Hall–Kier alpha value is -1.12. The van der Waals surface area contributed by atoms with Gasteiger partial charge in [0.2, 0.25) is 0 Å². The number of halogens is 2. The van der Waals surface area contributed by atoms with Crippen molar-refractivity contribution in [2.45, 2.75) is 13.0 Å². The van der Waals surface area contributed by atoms with E-state index in [2.05, 4.69) is 0 Å². The van der Waals surface area contributed by atoms with Gasteiger partial charge in [0, 0.05) is 11.4 Å². The average Bonchev–Trinajstić information content (AvgIpc) is 2.17. The van der Waals surface area contributed by atoms with Crippen LogP contribution in [0.15, 0.2) is 36.4 Å². The lowest BCUT2D eigenvalue weighted by molar-refractivity contribution is 0.639. The van der Waals surface area contributed by atoms with Gasteiger partial charge >= 0.3 is 0 Å². The average molecular weight is 226 g/mol. The molecule has 0 spiro atoms. The highest BCUT2D eigenvalue weighted by Gasteiger charge is 2.06. The van der Waals surface area contributed by atoms with Gasteiger partial charge in [-0.05, 0) is 23.9 Å². The van der Waals surface area contributed by atoms with Crippen LogP contribution in [0.25, 0.3) is 10.8 Å². The highest BCUT2D eigenvalue weighted by atomic mass is 35.5. The van der Waals surface area contributed by atoms with Crippen LogP contribution in [0.2, 0.25) is 0 Å². The first-order valence-corrected chi connectivity index (χ1v) is 4.63. The lowest BCUT2D eigenvalue weighted by Crippen LogP contribution is -2.05. The Balaban J connectivity index is 0.00000112. The summed E-state index contributed by atoms with van der Waals surface area (Å²) < 4.78 is 13.4. The molecule has 0 saturated carbocycles. The first-order valence-electron chi connectivity index (χ1n) is 4.63. The molecule has 0 saturated heterocycles. The molecule has 1 nitrogen and oxygen atoms in total. The normalized spacial score (nSPS) is 12.2. The Morgan fingerprint density at radius 3 is 2.33 bits per heavy atom. The molecule has 0 fully saturated rings. The van der Waals surface area contributed by atoms with Gasteiger partial charge in [0.1, 0.15) is 5.82 Å². The molecule has 2 aromatic rings. The maximum atomic E-state index is 13.4. The van der Waals surface area contributed by atoms with E-state index in [0.717, 1.165) is 10.9 Å². The van der Waals surface area contributed by atoms with Crippen molar-refractivity contribution in [3.63, 3.8) is 0 Å². The summed E-state index contributed by atoms with van der Waals surface area (Å²) in [5.74, 6) is -0.190. The third kappa shape index (κ3) is 2.11. The van der Waals surface area contributed by atoms with E-state index in [9.17, 15) is 4.39 Å². The van der Waals surface area contributed by atoms with Crippen molar-refractivity contribution >= 4 is 23.2 Å². The zero-order valence-corrected chi connectivity index (χ0v) is 9.22. The first kappa shape index (κ1) is 12.0. The molecular formula is C12H13ClFN. The van der Waals surface area contributed by atoms with Crippen molar-refractivity contribution in [3.05, 3.63) is 47.8 Å². The highest BCUT2D eigenvalue weighted by molar-refractivity contribution is 5.86. The van der Waals surface area contributed by atoms with E-state index < -0.39 is 0 Å². The molecule has 0 amide bonds. The third-order valence-corrected chi connectivity index (χ3v) is 2.39. The van der Waals surface area contributed by atoms with Gasteiger partial charge < -0.3 is 5.73 Å². The summed E-state index contributed by atoms with van der Waals surface area (Å²) in [5, 5.41) is 1.55. The minimum atomic E-state index is -0.190. The second-order valence-corrected chi connectivity index (χ2v) is 3.47. The number of nitrogens with two attached hydrogens (primary N) is 1. The van der Waals surface area contributed by atoms with Crippen LogP contribution >= 0.6 is 12.4 Å². The quantitative estimate of drug-likeness (QED) is 0.791. The molecule has 0 bridgehead atoms. The molecule has 2 aromatic carbocycles. The molecule has 15 heavy (non-hydrogen) atoms. The molecule has 2 N–H and O–H groups in total. The molecule has 0 heterocycles. The fourth-order valence-electron chi connectivity index (χ4n) is 1.69. The SMILES string of the molecule is C[C@@H](N)c1cccc2c(F)cccc12.Cl. The van der Waals surface area contributed by atoms with Gasteiger partial charge in [0.25, 0.3) is 0 Å². The summed E-state index contributed by atoms with van der Waals surface area (Å²) in [7, 11) is 0. The van der Waals surface area contributed by atoms with Crippen molar-refractivity contribution in [3.8, 4) is 0 Å². The lowest BCUT2D eigenvalue weighted by atomic mass is 10.00. The molecule has 0 aliphatic rings. The summed E-state index contributed by atoms with van der Waals surface area (Å²) in [6, 6.07) is 10.6. The Morgan fingerprint density at radius 2 is 1.67 bits per heavy atom. The number of hydrogen-bond acceptors (Lipinski definition) is 1. The van der Waals surface area contributed by atoms with E-state index in [1.54, 1.807) is 12.1 Å². The summed E-state index contributed by atoms with van der Waals surface area (Å²) in [4.78, 5) is 0. The second-order valence-electron chi connectivity index (χ2n) is 3.47. The van der Waals surface area contributed by atoms with Crippen LogP contribution < -0.4 is 5.73 Å². The number of hydrogen-bond donors (Lipinski definition) is 1. The maximum Gasteiger partial charge on any atom is 0.131 e. The van der Waals surface area contributed by atoms with Crippen molar-refractivity contribution in [2.24, 2.45) is 5.73 Å². The Labute approximate surface area is 94.5 Å². The largest absolute Gasteiger partial charge is 0.324 e. The number of benzene rings is 2. The van der Waals surface area contributed by atoms with Gasteiger partial charge in [-0.2, -0.15) is 0 Å². The number of rotatable bonds is 1. The molecule has 2 rings (SSSR count). The molecule has 0 radical (unpaired) electrons. The van der Waals surface area contributed by atoms with E-state index in [1.165, 1.54) is 6.07 Å². The minimum absolute atomic E-state index is 0. The van der Waals surface area contributed by atoms with Gasteiger partial charge in [-0.1, -0.05) is 30.3 Å². The molecular weight excluding hydrogens is 213 g/mol. The van der Waals surface area contributed by atoms with Crippen LogP contribution in [0.1, 0.15) is 18.5 Å². The summed E-state index contributed by atoms with van der Waals surface area (Å²) in [6.07, 6.45) is 0. The highest BCUT2D eigenvalue weighted by Crippen LogP contribution is 2.24. The van der Waals surface area contributed by atoms with E-state index in [0.29, 0.717) is 5.39 Å². The Kier molecular flexibility index (Phi) is 3.66. The predicted octanol–water partition coefficient (Wildman–Crippen LogP) is 3.42. The fraction of sp³-hybridized carbons (Fsp3) is 0.167. The van der Waals surface area contributed by atoms with Crippen molar-refractivity contribution in [1.29, 1.82) is 0 Å². The van der Waals surface area contributed by atoms with Crippen LogP contribution in [-0.2, 0) is 0 Å². The smallest absolute Gasteiger partial charge is 0.131 e. The summed E-state index contributed by atoms with van der Waals surface area (Å²) in [6.45, 7) is 1.90. The summed E-state index contributed by atoms with van der Waals surface area (Å²) in [5.41, 5.74) is 6.80. The van der Waals surface area contributed by atoms with Gasteiger partial charge in [0.15, 0.2) is 0 Å². The molecule has 1 atom stereocenters. The van der Waals surface area contributed by atoms with Crippen molar-refractivity contribution < 1.29 is 4.39 Å². The van der Waals surface area contributed by atoms with Gasteiger partial charge in [-0.15, -0.1) is 12.4 Å².